The highest BCUT2D eigenvalue weighted by Crippen LogP contribution is 2.44. The number of esters is 1. The molecule has 3 aliphatic rings. The number of carbonyl (C=O) groups is 4. The van der Waals surface area contributed by atoms with Gasteiger partial charge in [0.15, 0.2) is 17.7 Å². The Kier molecular flexibility index (Phi) is 15.4. The number of hydrogen-bond acceptors (Lipinski definition) is 13. The van der Waals surface area contributed by atoms with Crippen molar-refractivity contribution in [2.45, 2.75) is 141 Å². The monoisotopic (exact) mass is 857 g/mol. The van der Waals surface area contributed by atoms with Crippen molar-refractivity contribution in [3.63, 3.8) is 0 Å². The SMILES string of the molecule is C=C[C@]12OC(=O)N(CCCCn3cnc(-c4ccc(Cl)nc4)c3)[C@H]1[C@@H](C)C(=O)[C@H](C)C[C@](C)(OC)[C@H](OC1O[C@H](C)C[C@H](N(C)C)[C@H]1O)[C@@H](C)C(=O)[C@@H](C)C(=O)O[C@@H]2CC. The average Bonchev–Trinajstić information content (AvgIpc) is 3.81. The molecule has 0 spiro atoms. The number of aliphatic hydroxyl groups excluding tert-OH is 1. The molecular weight excluding hydrogens is 794 g/mol. The van der Waals surface area contributed by atoms with Crippen LogP contribution in [0.1, 0.15) is 80.6 Å². The van der Waals surface area contributed by atoms with Crippen LogP contribution in [0.3, 0.4) is 0 Å². The Hall–Kier alpha value is -3.73. The molecule has 3 aliphatic heterocycles. The number of fused-ring (bicyclic) bond motifs is 1. The molecule has 0 aromatic carbocycles. The standard InChI is InChI=1S/C44H64ClN5O10/c1-12-33-44(13-2)38(50(42(55)60-44)19-15-14-18-49-23-31(47-24-49)30-16-17-34(45)46-22-30)27(5)35(51)25(3)21-43(8,56-11)39(28(6)36(52)29(7)40(54)58-33)59-41-37(53)32(48(9)10)20-26(4)57-41/h13,16-17,22-29,32-33,37-39,41,53H,2,12,14-15,18-21H2,1,3-11H3/t25-,26-,27+,28+,29-,32+,33-,37-,38+,39-,41?,43+,44-/m1/s1. The van der Waals surface area contributed by atoms with Gasteiger partial charge in [0.05, 0.1) is 35.9 Å². The number of pyridine rings is 1. The number of carbonyl (C=O) groups excluding carboxylic acids is 4. The lowest BCUT2D eigenvalue weighted by atomic mass is 9.72. The van der Waals surface area contributed by atoms with Gasteiger partial charge in [-0.05, 0) is 85.2 Å². The molecule has 2 aromatic heterocycles. The summed E-state index contributed by atoms with van der Waals surface area (Å²) in [4.78, 5) is 69.3. The summed E-state index contributed by atoms with van der Waals surface area (Å²) in [5, 5.41) is 11.9. The van der Waals surface area contributed by atoms with Crippen LogP contribution >= 0.6 is 11.6 Å². The number of ketones is 2. The van der Waals surface area contributed by atoms with Crippen LogP contribution in [-0.4, -0.2) is 135 Å². The fraction of sp³-hybridized carbons (Fsp3) is 0.682. The first-order chi connectivity index (χ1) is 28.3. The number of halogens is 1. The molecule has 3 fully saturated rings. The summed E-state index contributed by atoms with van der Waals surface area (Å²) in [6.07, 6.45) is 3.58. The minimum absolute atomic E-state index is 0.0993. The molecule has 13 atom stereocenters. The first-order valence-corrected chi connectivity index (χ1v) is 21.4. The van der Waals surface area contributed by atoms with Gasteiger partial charge >= 0.3 is 12.1 Å². The second kappa shape index (κ2) is 19.5. The van der Waals surface area contributed by atoms with Gasteiger partial charge in [0.1, 0.15) is 29.1 Å². The highest BCUT2D eigenvalue weighted by Gasteiger charge is 2.61. The average molecular weight is 858 g/mol. The van der Waals surface area contributed by atoms with Crippen molar-refractivity contribution in [1.82, 2.24) is 24.3 Å². The molecule has 1 N–H and O–H groups in total. The highest BCUT2D eigenvalue weighted by atomic mass is 35.5. The van der Waals surface area contributed by atoms with Crippen LogP contribution in [-0.2, 0) is 44.6 Å². The number of likely N-dealkylation sites (N-methyl/N-ethyl adjacent to an activating group) is 1. The topological polar surface area (TPSA) is 172 Å². The smallest absolute Gasteiger partial charge is 0.411 e. The molecule has 0 bridgehead atoms. The van der Waals surface area contributed by atoms with E-state index in [0.29, 0.717) is 31.0 Å². The van der Waals surface area contributed by atoms with Crippen LogP contribution < -0.4 is 0 Å². The number of unbranched alkanes of at least 4 members (excludes halogenated alkanes) is 1. The summed E-state index contributed by atoms with van der Waals surface area (Å²) in [6, 6.07) is 2.36. The number of hydrogen-bond donors (Lipinski definition) is 1. The number of Topliss-reactive ketones (excluding diaryl/α,β-unsaturated/α-hetero) is 2. The Morgan fingerprint density at radius 3 is 2.37 bits per heavy atom. The fourth-order valence-corrected chi connectivity index (χ4v) is 9.53. The van der Waals surface area contributed by atoms with Crippen molar-refractivity contribution in [2.24, 2.45) is 23.7 Å². The number of aliphatic hydroxyl groups is 1. The maximum atomic E-state index is 14.8. The molecule has 1 amide bonds. The molecule has 0 aliphatic carbocycles. The maximum Gasteiger partial charge on any atom is 0.411 e. The Morgan fingerprint density at radius 1 is 1.05 bits per heavy atom. The van der Waals surface area contributed by atoms with Crippen molar-refractivity contribution in [2.75, 3.05) is 27.7 Å². The van der Waals surface area contributed by atoms with E-state index in [9.17, 15) is 24.3 Å². The lowest BCUT2D eigenvalue weighted by molar-refractivity contribution is -0.295. The number of methoxy groups -OCH3 is 1. The zero-order chi connectivity index (χ0) is 44.3. The molecular formula is C44H64ClN5O10. The van der Waals surface area contributed by atoms with Gasteiger partial charge in [0.25, 0.3) is 0 Å². The van der Waals surface area contributed by atoms with Crippen LogP contribution in [0.4, 0.5) is 4.79 Å². The van der Waals surface area contributed by atoms with E-state index in [-0.39, 0.29) is 37.3 Å². The quantitative estimate of drug-likeness (QED) is 0.0901. The molecule has 332 valence electrons. The summed E-state index contributed by atoms with van der Waals surface area (Å²) >= 11 is 5.95. The van der Waals surface area contributed by atoms with Crippen molar-refractivity contribution >= 4 is 35.2 Å². The Balaban J connectivity index is 1.45. The van der Waals surface area contributed by atoms with E-state index in [1.807, 2.05) is 42.7 Å². The number of amides is 1. The van der Waals surface area contributed by atoms with Gasteiger partial charge in [0, 0.05) is 62.0 Å². The van der Waals surface area contributed by atoms with E-state index in [1.54, 1.807) is 58.1 Å². The van der Waals surface area contributed by atoms with Crippen molar-refractivity contribution in [3.8, 4) is 11.3 Å². The molecule has 0 saturated carbocycles. The van der Waals surface area contributed by atoms with Crippen LogP contribution in [0.2, 0.25) is 5.15 Å². The molecule has 5 rings (SSSR count). The lowest BCUT2D eigenvalue weighted by Crippen LogP contribution is -2.60. The Labute approximate surface area is 359 Å². The Bertz CT molecular complexity index is 1840. The molecule has 15 nitrogen and oxygen atoms in total. The van der Waals surface area contributed by atoms with Gasteiger partial charge < -0.3 is 38.3 Å². The minimum Gasteiger partial charge on any atom is -0.457 e. The number of ether oxygens (including phenoxy) is 5. The lowest BCUT2D eigenvalue weighted by Gasteiger charge is -2.47. The summed E-state index contributed by atoms with van der Waals surface area (Å²) in [7, 11) is 5.22. The summed E-state index contributed by atoms with van der Waals surface area (Å²) < 4.78 is 33.2. The number of nitrogens with zero attached hydrogens (tertiary/aromatic N) is 5. The minimum atomic E-state index is -1.61. The molecule has 0 radical (unpaired) electrons. The molecule has 5 heterocycles. The van der Waals surface area contributed by atoms with Gasteiger partial charge in [-0.2, -0.15) is 0 Å². The third-order valence-corrected chi connectivity index (χ3v) is 13.1. The number of aromatic nitrogens is 3. The molecule has 2 aromatic rings. The van der Waals surface area contributed by atoms with Gasteiger partial charge in [-0.15, -0.1) is 0 Å². The van der Waals surface area contributed by atoms with Crippen LogP contribution in [0.15, 0.2) is 43.5 Å². The van der Waals surface area contributed by atoms with E-state index >= 15 is 0 Å². The van der Waals surface area contributed by atoms with E-state index in [4.69, 9.17) is 35.3 Å². The predicted molar refractivity (Wildman–Crippen MR) is 224 cm³/mol. The normalized spacial score (nSPS) is 35.8. The van der Waals surface area contributed by atoms with E-state index < -0.39 is 83.4 Å². The Morgan fingerprint density at radius 2 is 1.75 bits per heavy atom. The van der Waals surface area contributed by atoms with E-state index in [1.165, 1.54) is 20.1 Å². The van der Waals surface area contributed by atoms with Crippen LogP contribution in [0, 0.1) is 23.7 Å². The first kappa shape index (κ1) is 47.3. The summed E-state index contributed by atoms with van der Waals surface area (Å²) in [6.45, 7) is 17.0. The summed E-state index contributed by atoms with van der Waals surface area (Å²) in [5.41, 5.74) is -1.32. The van der Waals surface area contributed by atoms with E-state index in [2.05, 4.69) is 16.5 Å². The van der Waals surface area contributed by atoms with Crippen molar-refractivity contribution in [1.29, 1.82) is 0 Å². The predicted octanol–water partition coefficient (Wildman–Crippen LogP) is 5.75. The van der Waals surface area contributed by atoms with Gasteiger partial charge in [0.2, 0.25) is 0 Å². The second-order valence-electron chi connectivity index (χ2n) is 17.3. The fourth-order valence-electron chi connectivity index (χ4n) is 9.42. The molecule has 1 unspecified atom stereocenters. The number of imidazole rings is 1. The van der Waals surface area contributed by atoms with Gasteiger partial charge in [-0.1, -0.05) is 45.9 Å². The second-order valence-corrected chi connectivity index (χ2v) is 17.7. The molecule has 16 heteroatoms. The van der Waals surface area contributed by atoms with Gasteiger partial charge in [-0.25, -0.2) is 14.8 Å². The largest absolute Gasteiger partial charge is 0.457 e. The van der Waals surface area contributed by atoms with Crippen molar-refractivity contribution in [3.05, 3.63) is 48.7 Å². The highest BCUT2D eigenvalue weighted by molar-refractivity contribution is 6.29. The van der Waals surface area contributed by atoms with E-state index in [0.717, 1.165) is 11.3 Å². The third-order valence-electron chi connectivity index (χ3n) is 12.9. The maximum absolute atomic E-state index is 14.8. The zero-order valence-corrected chi connectivity index (χ0v) is 37.5. The van der Waals surface area contributed by atoms with Crippen LogP contribution in [0.25, 0.3) is 11.3 Å². The third kappa shape index (κ3) is 9.66. The van der Waals surface area contributed by atoms with Crippen molar-refractivity contribution < 1.29 is 48.0 Å². The first-order valence-electron chi connectivity index (χ1n) is 21.1. The molecule has 3 saturated heterocycles. The van der Waals surface area contributed by atoms with Gasteiger partial charge in [-0.3, -0.25) is 19.3 Å². The van der Waals surface area contributed by atoms with Crippen LogP contribution in [0.5, 0.6) is 0 Å². The zero-order valence-electron chi connectivity index (χ0n) is 36.7. The number of cyclic esters (lactones) is 1. The summed E-state index contributed by atoms with van der Waals surface area (Å²) in [5.74, 6) is -5.25. The number of aryl methyl sites for hydroxylation is 1. The number of rotatable bonds is 12. The molecule has 60 heavy (non-hydrogen) atoms.